The first kappa shape index (κ1) is 9.97. The van der Waals surface area contributed by atoms with Crippen LogP contribution in [0.3, 0.4) is 0 Å². The first-order valence-corrected chi connectivity index (χ1v) is 5.40. The molecular weight excluding hydrogens is 210 g/mol. The van der Waals surface area contributed by atoms with E-state index in [0.717, 1.165) is 16.5 Å². The minimum Gasteiger partial charge on any atom is -0.381 e. The van der Waals surface area contributed by atoms with Crippen molar-refractivity contribution in [1.82, 2.24) is 19.5 Å². The van der Waals surface area contributed by atoms with Crippen LogP contribution in [-0.4, -0.2) is 19.5 Å². The van der Waals surface area contributed by atoms with Crippen molar-refractivity contribution >= 4 is 17.6 Å². The van der Waals surface area contributed by atoms with E-state index in [1.165, 1.54) is 0 Å². The molecule has 0 fully saturated rings. The lowest BCUT2D eigenvalue weighted by Gasteiger charge is -2.03. The van der Waals surface area contributed by atoms with Gasteiger partial charge in [-0.2, -0.15) is 0 Å². The van der Waals surface area contributed by atoms with E-state index in [2.05, 4.69) is 15.0 Å². The van der Waals surface area contributed by atoms with Gasteiger partial charge in [0.15, 0.2) is 5.82 Å². The second kappa shape index (κ2) is 4.31. The largest absolute Gasteiger partial charge is 0.381 e. The van der Waals surface area contributed by atoms with Crippen molar-refractivity contribution in [3.8, 4) is 0 Å². The molecule has 6 heteroatoms. The predicted octanol–water partition coefficient (Wildman–Crippen LogP) is 1.08. The minimum absolute atomic E-state index is 0.477. The van der Waals surface area contributed by atoms with Crippen LogP contribution in [0.4, 0.5) is 5.82 Å². The Morgan fingerprint density at radius 3 is 2.87 bits per heavy atom. The molecular formula is C9H11N5S. The van der Waals surface area contributed by atoms with Gasteiger partial charge < -0.3 is 10.3 Å². The van der Waals surface area contributed by atoms with Gasteiger partial charge in [-0.1, -0.05) is 11.8 Å². The first-order chi connectivity index (χ1) is 7.27. The fraction of sp³-hybridized carbons (Fsp3) is 0.222. The Bertz CT molecular complexity index is 453. The maximum atomic E-state index is 5.68. The molecule has 0 unspecified atom stereocenters. The number of anilines is 1. The van der Waals surface area contributed by atoms with E-state index in [9.17, 15) is 0 Å². The van der Waals surface area contributed by atoms with E-state index >= 15 is 0 Å². The zero-order valence-electron chi connectivity index (χ0n) is 8.29. The quantitative estimate of drug-likeness (QED) is 0.785. The summed E-state index contributed by atoms with van der Waals surface area (Å²) in [6.45, 7) is 0. The fourth-order valence-electron chi connectivity index (χ4n) is 1.11. The van der Waals surface area contributed by atoms with Gasteiger partial charge in [0, 0.05) is 37.1 Å². The highest BCUT2D eigenvalue weighted by Crippen LogP contribution is 2.23. The van der Waals surface area contributed by atoms with Crippen molar-refractivity contribution in [2.75, 3.05) is 5.73 Å². The normalized spacial score (nSPS) is 10.5. The first-order valence-electron chi connectivity index (χ1n) is 4.42. The van der Waals surface area contributed by atoms with Gasteiger partial charge in [-0.05, 0) is 0 Å². The summed E-state index contributed by atoms with van der Waals surface area (Å²) in [5.41, 5.74) is 6.81. The molecule has 2 N–H and O–H groups in total. The van der Waals surface area contributed by atoms with Crippen molar-refractivity contribution in [3.63, 3.8) is 0 Å². The van der Waals surface area contributed by atoms with Gasteiger partial charge in [0.2, 0.25) is 0 Å². The molecule has 2 rings (SSSR count). The SMILES string of the molecule is Cn1cncc1CSc1nccnc1N. The minimum atomic E-state index is 0.477. The maximum Gasteiger partial charge on any atom is 0.156 e. The summed E-state index contributed by atoms with van der Waals surface area (Å²) in [4.78, 5) is 12.2. The van der Waals surface area contributed by atoms with E-state index in [-0.39, 0.29) is 0 Å². The Labute approximate surface area is 91.8 Å². The average molecular weight is 221 g/mol. The Morgan fingerprint density at radius 1 is 1.40 bits per heavy atom. The Hall–Kier alpha value is -1.56. The molecule has 0 amide bonds. The van der Waals surface area contributed by atoms with Crippen molar-refractivity contribution in [1.29, 1.82) is 0 Å². The van der Waals surface area contributed by atoms with Crippen LogP contribution in [0.15, 0.2) is 29.9 Å². The zero-order chi connectivity index (χ0) is 10.7. The third-order valence-corrected chi connectivity index (χ3v) is 2.99. The molecule has 2 heterocycles. The lowest BCUT2D eigenvalue weighted by atomic mass is 10.5. The number of aromatic nitrogens is 4. The third-order valence-electron chi connectivity index (χ3n) is 1.96. The van der Waals surface area contributed by atoms with E-state index < -0.39 is 0 Å². The van der Waals surface area contributed by atoms with Gasteiger partial charge in [0.25, 0.3) is 0 Å². The maximum absolute atomic E-state index is 5.68. The monoisotopic (exact) mass is 221 g/mol. The molecule has 5 nitrogen and oxygen atoms in total. The summed E-state index contributed by atoms with van der Waals surface area (Å²) in [6.07, 6.45) is 6.83. The molecule has 0 aliphatic carbocycles. The molecule has 2 aromatic heterocycles. The van der Waals surface area contributed by atoms with Crippen LogP contribution in [0.25, 0.3) is 0 Å². The molecule has 0 saturated heterocycles. The van der Waals surface area contributed by atoms with Crippen molar-refractivity contribution in [2.24, 2.45) is 7.05 Å². The molecule has 0 aliphatic heterocycles. The van der Waals surface area contributed by atoms with Crippen LogP contribution < -0.4 is 5.73 Å². The van der Waals surface area contributed by atoms with Gasteiger partial charge in [-0.15, -0.1) is 0 Å². The number of hydrogen-bond acceptors (Lipinski definition) is 5. The molecule has 0 radical (unpaired) electrons. The molecule has 0 bridgehead atoms. The predicted molar refractivity (Wildman–Crippen MR) is 59.2 cm³/mol. The Balaban J connectivity index is 2.06. The van der Waals surface area contributed by atoms with Crippen molar-refractivity contribution < 1.29 is 0 Å². The number of rotatable bonds is 3. The van der Waals surface area contributed by atoms with Crippen molar-refractivity contribution in [3.05, 3.63) is 30.6 Å². The van der Waals surface area contributed by atoms with E-state index in [1.807, 2.05) is 17.8 Å². The lowest BCUT2D eigenvalue weighted by Crippen LogP contribution is -1.96. The number of nitrogens with two attached hydrogens (primary N) is 1. The Morgan fingerprint density at radius 2 is 2.20 bits per heavy atom. The highest BCUT2D eigenvalue weighted by Gasteiger charge is 2.04. The number of nitrogens with zero attached hydrogens (tertiary/aromatic N) is 4. The summed E-state index contributed by atoms with van der Waals surface area (Å²) in [7, 11) is 1.96. The lowest BCUT2D eigenvalue weighted by molar-refractivity contribution is 0.866. The molecule has 2 aromatic rings. The zero-order valence-corrected chi connectivity index (χ0v) is 9.11. The second-order valence-corrected chi connectivity index (χ2v) is 4.00. The molecule has 78 valence electrons. The fourth-order valence-corrected chi connectivity index (χ4v) is 2.01. The smallest absolute Gasteiger partial charge is 0.156 e. The van der Waals surface area contributed by atoms with Gasteiger partial charge in [-0.25, -0.2) is 15.0 Å². The van der Waals surface area contributed by atoms with Crippen LogP contribution in [0.1, 0.15) is 5.69 Å². The van der Waals surface area contributed by atoms with Crippen LogP contribution in [0.5, 0.6) is 0 Å². The number of thioether (sulfide) groups is 1. The highest BCUT2D eigenvalue weighted by atomic mass is 32.2. The summed E-state index contributed by atoms with van der Waals surface area (Å²) < 4.78 is 1.97. The van der Waals surface area contributed by atoms with E-state index in [4.69, 9.17) is 5.73 Å². The van der Waals surface area contributed by atoms with Crippen LogP contribution in [0.2, 0.25) is 0 Å². The molecule has 0 aliphatic rings. The van der Waals surface area contributed by atoms with E-state index in [1.54, 1.807) is 30.5 Å². The second-order valence-electron chi connectivity index (χ2n) is 3.03. The van der Waals surface area contributed by atoms with E-state index in [0.29, 0.717) is 5.82 Å². The van der Waals surface area contributed by atoms with Gasteiger partial charge in [-0.3, -0.25) is 0 Å². The molecule has 0 atom stereocenters. The number of hydrogen-bond donors (Lipinski definition) is 1. The van der Waals surface area contributed by atoms with Crippen LogP contribution >= 0.6 is 11.8 Å². The number of imidazole rings is 1. The summed E-state index contributed by atoms with van der Waals surface area (Å²) in [5.74, 6) is 1.27. The highest BCUT2D eigenvalue weighted by molar-refractivity contribution is 7.98. The number of nitrogen functional groups attached to an aromatic ring is 1. The molecule has 0 saturated carbocycles. The third kappa shape index (κ3) is 2.27. The Kier molecular flexibility index (Phi) is 2.86. The number of aryl methyl sites for hydroxylation is 1. The molecule has 15 heavy (non-hydrogen) atoms. The molecule has 0 spiro atoms. The van der Waals surface area contributed by atoms with Crippen LogP contribution in [-0.2, 0) is 12.8 Å². The van der Waals surface area contributed by atoms with Gasteiger partial charge >= 0.3 is 0 Å². The summed E-state index contributed by atoms with van der Waals surface area (Å²) >= 11 is 1.56. The van der Waals surface area contributed by atoms with Crippen molar-refractivity contribution in [2.45, 2.75) is 10.8 Å². The topological polar surface area (TPSA) is 69.6 Å². The van der Waals surface area contributed by atoms with Crippen LogP contribution in [0, 0.1) is 0 Å². The molecule has 0 aromatic carbocycles. The van der Waals surface area contributed by atoms with Gasteiger partial charge in [0.05, 0.1) is 6.33 Å². The summed E-state index contributed by atoms with van der Waals surface area (Å²) in [5, 5.41) is 0.763. The average Bonchev–Trinajstić information content (AvgIpc) is 2.63. The summed E-state index contributed by atoms with van der Waals surface area (Å²) in [6, 6.07) is 0. The standard InChI is InChI=1S/C9H11N5S/c1-14-6-11-4-7(14)5-15-9-8(10)12-2-3-13-9/h2-4,6H,5H2,1H3,(H2,10,12). The van der Waals surface area contributed by atoms with Gasteiger partial charge in [0.1, 0.15) is 5.03 Å².